The van der Waals surface area contributed by atoms with Crippen LogP contribution < -0.4 is 5.32 Å². The Bertz CT molecular complexity index is 930. The van der Waals surface area contributed by atoms with Crippen LogP contribution in [0.1, 0.15) is 19.4 Å². The fraction of sp³-hybridized carbons (Fsp3) is 0.421. The Hall–Kier alpha value is -2.65. The lowest BCUT2D eigenvalue weighted by Gasteiger charge is -2.48. The van der Waals surface area contributed by atoms with E-state index in [1.807, 2.05) is 19.1 Å². The minimum Gasteiger partial charge on any atom is -0.348 e. The van der Waals surface area contributed by atoms with Gasteiger partial charge in [-0.05, 0) is 36.2 Å². The number of benzene rings is 1. The van der Waals surface area contributed by atoms with Gasteiger partial charge in [-0.1, -0.05) is 18.2 Å². The van der Waals surface area contributed by atoms with Crippen molar-refractivity contribution in [3.05, 3.63) is 35.2 Å². The zero-order valence-corrected chi connectivity index (χ0v) is 16.6. The molecule has 1 aromatic carbocycles. The van der Waals surface area contributed by atoms with E-state index in [0.717, 1.165) is 10.9 Å². The second kappa shape index (κ2) is 7.40. The van der Waals surface area contributed by atoms with E-state index < -0.39 is 12.2 Å². The molecule has 8 nitrogen and oxygen atoms in total. The molecule has 0 radical (unpaired) electrons. The van der Waals surface area contributed by atoms with Crippen molar-refractivity contribution in [2.24, 2.45) is 0 Å². The Labute approximate surface area is 166 Å². The highest BCUT2D eigenvalue weighted by Gasteiger charge is 2.46. The smallest absolute Gasteiger partial charge is 0.346 e. The van der Waals surface area contributed by atoms with E-state index in [0.29, 0.717) is 13.1 Å². The lowest BCUT2D eigenvalue weighted by atomic mass is 10.1. The predicted octanol–water partition coefficient (Wildman–Crippen LogP) is 1.76. The maximum Gasteiger partial charge on any atom is 0.346 e. The molecular weight excluding hydrogens is 380 g/mol. The second-order valence-corrected chi connectivity index (χ2v) is 7.86. The molecule has 2 unspecified atom stereocenters. The van der Waals surface area contributed by atoms with Crippen molar-refractivity contribution in [3.63, 3.8) is 0 Å². The minimum atomic E-state index is -0.653. The number of fused-ring (bicyclic) bond motifs is 2. The summed E-state index contributed by atoms with van der Waals surface area (Å²) in [6.45, 7) is 4.29. The van der Waals surface area contributed by atoms with Gasteiger partial charge in [0.15, 0.2) is 12.8 Å². The lowest BCUT2D eigenvalue weighted by molar-refractivity contribution is -0.231. The van der Waals surface area contributed by atoms with Gasteiger partial charge in [-0.2, -0.15) is 5.06 Å². The van der Waals surface area contributed by atoms with Crippen LogP contribution in [-0.4, -0.2) is 64.6 Å². The molecule has 2 aromatic rings. The number of hydrogen-bond donors (Lipinski definition) is 1. The number of thiophene rings is 1. The van der Waals surface area contributed by atoms with Gasteiger partial charge in [-0.25, -0.2) is 4.79 Å². The summed E-state index contributed by atoms with van der Waals surface area (Å²) in [5.74, 6) is -0.522. The quantitative estimate of drug-likeness (QED) is 0.848. The first-order valence-corrected chi connectivity index (χ1v) is 10.1. The van der Waals surface area contributed by atoms with Crippen LogP contribution >= 0.6 is 11.3 Å². The first-order valence-electron chi connectivity index (χ1n) is 9.24. The molecule has 9 heteroatoms. The number of nitrogens with zero attached hydrogens (tertiary/aromatic N) is 3. The Morgan fingerprint density at radius 2 is 2.14 bits per heavy atom. The van der Waals surface area contributed by atoms with Crippen LogP contribution in [0.25, 0.3) is 10.1 Å². The number of hydrogen-bond acceptors (Lipinski definition) is 5. The topological polar surface area (TPSA) is 82.2 Å². The average molecular weight is 402 g/mol. The predicted molar refractivity (Wildman–Crippen MR) is 104 cm³/mol. The van der Waals surface area contributed by atoms with E-state index in [1.165, 1.54) is 14.7 Å². The van der Waals surface area contributed by atoms with Crippen LogP contribution in [0.4, 0.5) is 4.79 Å². The van der Waals surface area contributed by atoms with Crippen molar-refractivity contribution in [1.82, 2.24) is 20.2 Å². The van der Waals surface area contributed by atoms with Gasteiger partial charge in [0.1, 0.15) is 6.54 Å². The Balaban J connectivity index is 1.57. The lowest BCUT2D eigenvalue weighted by Crippen LogP contribution is -2.71. The number of rotatable bonds is 3. The number of urea groups is 1. The summed E-state index contributed by atoms with van der Waals surface area (Å²) in [4.78, 5) is 45.9. The summed E-state index contributed by atoms with van der Waals surface area (Å²) in [5.41, 5.74) is 1.07. The molecule has 2 fully saturated rings. The number of hydroxylamine groups is 2. The van der Waals surface area contributed by atoms with Crippen LogP contribution in [0.15, 0.2) is 29.6 Å². The molecule has 2 atom stereocenters. The molecule has 1 aromatic heterocycles. The van der Waals surface area contributed by atoms with E-state index in [9.17, 15) is 14.4 Å². The van der Waals surface area contributed by atoms with E-state index in [-0.39, 0.29) is 31.0 Å². The highest BCUT2D eigenvalue weighted by Crippen LogP contribution is 2.28. The number of carbonyl (C=O) groups excluding carboxylic acids is 3. The summed E-state index contributed by atoms with van der Waals surface area (Å²) >= 11 is 1.65. The zero-order valence-electron chi connectivity index (χ0n) is 15.8. The van der Waals surface area contributed by atoms with E-state index in [4.69, 9.17) is 4.84 Å². The van der Waals surface area contributed by atoms with Crippen molar-refractivity contribution < 1.29 is 19.2 Å². The van der Waals surface area contributed by atoms with Gasteiger partial charge in [-0.15, -0.1) is 11.3 Å². The maximum atomic E-state index is 13.3. The van der Waals surface area contributed by atoms with Gasteiger partial charge in [0.2, 0.25) is 5.91 Å². The second-order valence-electron chi connectivity index (χ2n) is 6.94. The zero-order chi connectivity index (χ0) is 19.8. The Morgan fingerprint density at radius 1 is 1.36 bits per heavy atom. The number of amides is 4. The molecule has 2 aliphatic rings. The standard InChI is InChI=1S/C19H22N4O4S/c1-3-21(8-13-11-28-15-7-5-4-6-14(13)15)19(26)23-18-12(2)20-16(24)9-22(18)17(25)10-27-23/h4-7,11-12,18H,3,8-10H2,1-2H3,(H,20,24). The van der Waals surface area contributed by atoms with Crippen molar-refractivity contribution in [2.45, 2.75) is 32.6 Å². The molecule has 0 aliphatic carbocycles. The highest BCUT2D eigenvalue weighted by atomic mass is 32.1. The van der Waals surface area contributed by atoms with Gasteiger partial charge in [0.25, 0.3) is 5.91 Å². The van der Waals surface area contributed by atoms with E-state index in [2.05, 4.69) is 22.8 Å². The molecule has 4 amide bonds. The molecule has 0 spiro atoms. The van der Waals surface area contributed by atoms with Crippen LogP contribution in [0.5, 0.6) is 0 Å². The number of nitrogens with one attached hydrogen (secondary N) is 1. The number of piperazine rings is 1. The van der Waals surface area contributed by atoms with E-state index >= 15 is 0 Å². The van der Waals surface area contributed by atoms with Crippen molar-refractivity contribution in [2.75, 3.05) is 19.7 Å². The molecule has 0 bridgehead atoms. The third-order valence-electron chi connectivity index (χ3n) is 5.12. The van der Waals surface area contributed by atoms with E-state index in [1.54, 1.807) is 23.2 Å². The molecular formula is C19H22N4O4S. The van der Waals surface area contributed by atoms with Gasteiger partial charge in [0.05, 0.1) is 6.04 Å². The molecule has 0 saturated carbocycles. The Morgan fingerprint density at radius 3 is 2.93 bits per heavy atom. The SMILES string of the molecule is CCN(Cc1csc2ccccc12)C(=O)N1OCC(=O)N2CC(=O)NC(C)C21. The highest BCUT2D eigenvalue weighted by molar-refractivity contribution is 7.17. The fourth-order valence-electron chi connectivity index (χ4n) is 3.73. The third-order valence-corrected chi connectivity index (χ3v) is 6.13. The van der Waals surface area contributed by atoms with Crippen molar-refractivity contribution in [1.29, 1.82) is 0 Å². The summed E-state index contributed by atoms with van der Waals surface area (Å²) < 4.78 is 1.18. The van der Waals surface area contributed by atoms with Crippen LogP contribution in [0.3, 0.4) is 0 Å². The summed E-state index contributed by atoms with van der Waals surface area (Å²) in [6.07, 6.45) is -0.653. The maximum absolute atomic E-state index is 13.3. The minimum absolute atomic E-state index is 0.0672. The van der Waals surface area contributed by atoms with Crippen molar-refractivity contribution in [3.8, 4) is 0 Å². The summed E-state index contributed by atoms with van der Waals surface area (Å²) in [6, 6.07) is 7.36. The number of carbonyl (C=O) groups is 3. The molecule has 3 heterocycles. The van der Waals surface area contributed by atoms with Crippen molar-refractivity contribution >= 4 is 39.3 Å². The molecule has 2 saturated heterocycles. The normalized spacial score (nSPS) is 22.2. The first-order chi connectivity index (χ1) is 13.5. The fourth-order valence-corrected chi connectivity index (χ4v) is 4.68. The summed E-state index contributed by atoms with van der Waals surface area (Å²) in [5, 5.41) is 7.23. The Kier molecular flexibility index (Phi) is 4.94. The molecule has 148 valence electrons. The monoisotopic (exact) mass is 402 g/mol. The molecule has 1 N–H and O–H groups in total. The third kappa shape index (κ3) is 3.20. The van der Waals surface area contributed by atoms with Gasteiger partial charge < -0.3 is 15.1 Å². The van der Waals surface area contributed by atoms with Gasteiger partial charge in [0, 0.05) is 17.8 Å². The van der Waals surface area contributed by atoms with Crippen LogP contribution in [-0.2, 0) is 21.0 Å². The summed E-state index contributed by atoms with van der Waals surface area (Å²) in [7, 11) is 0. The average Bonchev–Trinajstić information content (AvgIpc) is 3.09. The molecule has 2 aliphatic heterocycles. The molecule has 4 rings (SSSR count). The molecule has 28 heavy (non-hydrogen) atoms. The van der Waals surface area contributed by atoms with Gasteiger partial charge >= 0.3 is 6.03 Å². The van der Waals surface area contributed by atoms with Gasteiger partial charge in [-0.3, -0.25) is 14.4 Å². The largest absolute Gasteiger partial charge is 0.348 e. The first kappa shape index (κ1) is 18.7. The van der Waals surface area contributed by atoms with Crippen LogP contribution in [0, 0.1) is 0 Å². The van der Waals surface area contributed by atoms with Crippen LogP contribution in [0.2, 0.25) is 0 Å².